The molecular formula is C13H21ClN2O. The Morgan fingerprint density at radius 2 is 2.18 bits per heavy atom. The number of halogens is 1. The minimum absolute atomic E-state index is 0.109. The lowest BCUT2D eigenvalue weighted by molar-refractivity contribution is 0.149. The van der Waals surface area contributed by atoms with E-state index in [-0.39, 0.29) is 6.04 Å². The van der Waals surface area contributed by atoms with Gasteiger partial charge in [-0.1, -0.05) is 30.7 Å². The molecule has 17 heavy (non-hydrogen) atoms. The first-order valence-electron chi connectivity index (χ1n) is 5.79. The second-order valence-electron chi connectivity index (χ2n) is 4.52. The van der Waals surface area contributed by atoms with Crippen molar-refractivity contribution in [3.63, 3.8) is 0 Å². The van der Waals surface area contributed by atoms with Crippen molar-refractivity contribution in [3.8, 4) is 0 Å². The normalized spacial score (nSPS) is 14.6. The monoisotopic (exact) mass is 256 g/mol. The SMILES string of the molecule is COCC(C)CC(NN)c1ccc(C)c(Cl)c1. The van der Waals surface area contributed by atoms with Gasteiger partial charge >= 0.3 is 0 Å². The van der Waals surface area contributed by atoms with Crippen molar-refractivity contribution < 1.29 is 4.74 Å². The van der Waals surface area contributed by atoms with Gasteiger partial charge in [0.25, 0.3) is 0 Å². The van der Waals surface area contributed by atoms with E-state index in [0.29, 0.717) is 5.92 Å². The van der Waals surface area contributed by atoms with Crippen LogP contribution in [-0.4, -0.2) is 13.7 Å². The number of rotatable bonds is 6. The number of hydrazine groups is 1. The van der Waals surface area contributed by atoms with Gasteiger partial charge in [0.1, 0.15) is 0 Å². The fourth-order valence-corrected chi connectivity index (χ4v) is 2.07. The average molecular weight is 257 g/mol. The maximum Gasteiger partial charge on any atom is 0.0488 e. The molecule has 2 atom stereocenters. The van der Waals surface area contributed by atoms with Crippen molar-refractivity contribution in [1.29, 1.82) is 0 Å². The van der Waals surface area contributed by atoms with E-state index in [0.717, 1.165) is 29.2 Å². The van der Waals surface area contributed by atoms with Crippen LogP contribution < -0.4 is 11.3 Å². The molecule has 1 aromatic rings. The van der Waals surface area contributed by atoms with Gasteiger partial charge in [0.15, 0.2) is 0 Å². The second kappa shape index (κ2) is 6.97. The smallest absolute Gasteiger partial charge is 0.0488 e. The lowest BCUT2D eigenvalue weighted by atomic mass is 9.96. The molecule has 0 aromatic heterocycles. The van der Waals surface area contributed by atoms with Gasteiger partial charge < -0.3 is 4.74 Å². The highest BCUT2D eigenvalue weighted by molar-refractivity contribution is 6.31. The van der Waals surface area contributed by atoms with Gasteiger partial charge in [0.05, 0.1) is 0 Å². The van der Waals surface area contributed by atoms with Crippen molar-refractivity contribution in [2.45, 2.75) is 26.3 Å². The molecule has 1 aromatic carbocycles. The minimum atomic E-state index is 0.109. The zero-order chi connectivity index (χ0) is 12.8. The molecule has 0 bridgehead atoms. The van der Waals surface area contributed by atoms with Gasteiger partial charge in [-0.05, 0) is 36.5 Å². The third kappa shape index (κ3) is 4.28. The molecule has 4 heteroatoms. The van der Waals surface area contributed by atoms with Crippen molar-refractivity contribution in [2.75, 3.05) is 13.7 Å². The summed E-state index contributed by atoms with van der Waals surface area (Å²) in [5.41, 5.74) is 5.04. The fourth-order valence-electron chi connectivity index (χ4n) is 1.88. The van der Waals surface area contributed by atoms with Crippen molar-refractivity contribution in [2.24, 2.45) is 11.8 Å². The highest BCUT2D eigenvalue weighted by Gasteiger charge is 2.14. The number of nitrogens with one attached hydrogen (secondary N) is 1. The molecule has 0 fully saturated rings. The molecule has 0 spiro atoms. The third-order valence-electron chi connectivity index (χ3n) is 2.89. The number of ether oxygens (including phenoxy) is 1. The Hall–Kier alpha value is -0.610. The molecule has 0 saturated carbocycles. The molecule has 3 N–H and O–H groups in total. The zero-order valence-electron chi connectivity index (χ0n) is 10.7. The van der Waals surface area contributed by atoms with Gasteiger partial charge in [0.2, 0.25) is 0 Å². The van der Waals surface area contributed by atoms with E-state index in [1.807, 2.05) is 19.1 Å². The van der Waals surface area contributed by atoms with Crippen LogP contribution >= 0.6 is 11.6 Å². The van der Waals surface area contributed by atoms with Crippen LogP contribution in [-0.2, 0) is 4.74 Å². The highest BCUT2D eigenvalue weighted by atomic mass is 35.5. The summed E-state index contributed by atoms with van der Waals surface area (Å²) in [4.78, 5) is 0. The van der Waals surface area contributed by atoms with Crippen LogP contribution in [0.1, 0.15) is 30.5 Å². The largest absolute Gasteiger partial charge is 0.384 e. The van der Waals surface area contributed by atoms with E-state index < -0.39 is 0 Å². The lowest BCUT2D eigenvalue weighted by Gasteiger charge is -2.20. The van der Waals surface area contributed by atoms with E-state index in [1.165, 1.54) is 0 Å². The summed E-state index contributed by atoms with van der Waals surface area (Å²) in [6.45, 7) is 4.87. The van der Waals surface area contributed by atoms with Crippen LogP contribution in [0.15, 0.2) is 18.2 Å². The number of benzene rings is 1. The summed E-state index contributed by atoms with van der Waals surface area (Å²) in [5.74, 6) is 6.05. The molecule has 0 aliphatic heterocycles. The number of hydrogen-bond donors (Lipinski definition) is 2. The van der Waals surface area contributed by atoms with Crippen LogP contribution in [0.5, 0.6) is 0 Å². The molecule has 0 heterocycles. The maximum absolute atomic E-state index is 6.12. The summed E-state index contributed by atoms with van der Waals surface area (Å²) in [6.07, 6.45) is 0.920. The molecule has 0 saturated heterocycles. The first-order chi connectivity index (χ1) is 8.08. The average Bonchev–Trinajstić information content (AvgIpc) is 2.30. The molecule has 1 rings (SSSR count). The summed E-state index contributed by atoms with van der Waals surface area (Å²) < 4.78 is 5.13. The van der Waals surface area contributed by atoms with Gasteiger partial charge in [-0.3, -0.25) is 11.3 Å². The molecule has 0 aliphatic carbocycles. The summed E-state index contributed by atoms with van der Waals surface area (Å²) >= 11 is 6.12. The van der Waals surface area contributed by atoms with Gasteiger partial charge in [-0.15, -0.1) is 0 Å². The molecule has 0 aliphatic rings. The molecule has 0 amide bonds. The Morgan fingerprint density at radius 1 is 1.47 bits per heavy atom. The minimum Gasteiger partial charge on any atom is -0.384 e. The number of methoxy groups -OCH3 is 1. The molecule has 3 nitrogen and oxygen atoms in total. The van der Waals surface area contributed by atoms with Gasteiger partial charge in [-0.2, -0.15) is 0 Å². The Labute approximate surface area is 108 Å². The van der Waals surface area contributed by atoms with E-state index in [2.05, 4.69) is 18.4 Å². The van der Waals surface area contributed by atoms with Crippen molar-refractivity contribution >= 4 is 11.6 Å². The Bertz CT molecular complexity index is 357. The Kier molecular flexibility index (Phi) is 5.92. The number of nitrogens with two attached hydrogens (primary N) is 1. The van der Waals surface area contributed by atoms with Crippen LogP contribution in [0, 0.1) is 12.8 Å². The number of hydrogen-bond acceptors (Lipinski definition) is 3. The maximum atomic E-state index is 6.12. The predicted octanol–water partition coefficient (Wildman–Crippen LogP) is 2.83. The quantitative estimate of drug-likeness (QED) is 0.608. The molecular weight excluding hydrogens is 236 g/mol. The Morgan fingerprint density at radius 3 is 2.71 bits per heavy atom. The van der Waals surface area contributed by atoms with E-state index in [4.69, 9.17) is 22.2 Å². The summed E-state index contributed by atoms with van der Waals surface area (Å²) in [7, 11) is 1.71. The van der Waals surface area contributed by atoms with Crippen molar-refractivity contribution in [1.82, 2.24) is 5.43 Å². The van der Waals surface area contributed by atoms with E-state index in [9.17, 15) is 0 Å². The predicted molar refractivity (Wildman–Crippen MR) is 71.9 cm³/mol. The first-order valence-corrected chi connectivity index (χ1v) is 6.17. The first kappa shape index (κ1) is 14.5. The third-order valence-corrected chi connectivity index (χ3v) is 3.30. The summed E-state index contributed by atoms with van der Waals surface area (Å²) in [6, 6.07) is 6.16. The van der Waals surface area contributed by atoms with E-state index in [1.54, 1.807) is 7.11 Å². The number of aryl methyl sites for hydroxylation is 1. The molecule has 2 unspecified atom stereocenters. The van der Waals surface area contributed by atoms with Gasteiger partial charge in [0, 0.05) is 24.8 Å². The van der Waals surface area contributed by atoms with Crippen LogP contribution in [0.2, 0.25) is 5.02 Å². The highest BCUT2D eigenvalue weighted by Crippen LogP contribution is 2.25. The van der Waals surface area contributed by atoms with Crippen LogP contribution in [0.4, 0.5) is 0 Å². The second-order valence-corrected chi connectivity index (χ2v) is 4.93. The zero-order valence-corrected chi connectivity index (χ0v) is 11.4. The molecule has 0 radical (unpaired) electrons. The summed E-state index contributed by atoms with van der Waals surface area (Å²) in [5, 5.41) is 0.780. The standard InChI is InChI=1S/C13H21ClN2O/c1-9(8-17-3)6-13(16-15)11-5-4-10(2)12(14)7-11/h4-5,7,9,13,16H,6,8,15H2,1-3H3. The molecule has 96 valence electrons. The van der Waals surface area contributed by atoms with Crippen LogP contribution in [0.25, 0.3) is 0 Å². The fraction of sp³-hybridized carbons (Fsp3) is 0.538. The van der Waals surface area contributed by atoms with Gasteiger partial charge in [-0.25, -0.2) is 0 Å². The van der Waals surface area contributed by atoms with E-state index >= 15 is 0 Å². The lowest BCUT2D eigenvalue weighted by Crippen LogP contribution is -2.30. The Balaban J connectivity index is 2.75. The topological polar surface area (TPSA) is 47.3 Å². The van der Waals surface area contributed by atoms with Crippen molar-refractivity contribution in [3.05, 3.63) is 34.3 Å². The van der Waals surface area contributed by atoms with Crippen LogP contribution in [0.3, 0.4) is 0 Å².